The van der Waals surface area contributed by atoms with Gasteiger partial charge in [0.1, 0.15) is 11.6 Å². The lowest BCUT2D eigenvalue weighted by molar-refractivity contribution is -0.384. The number of nitro benzene ring substituents is 1. The van der Waals surface area contributed by atoms with Gasteiger partial charge in [0, 0.05) is 25.7 Å². The Kier molecular flexibility index (Phi) is 7.31. The lowest BCUT2D eigenvalue weighted by Gasteiger charge is -2.21. The van der Waals surface area contributed by atoms with Crippen molar-refractivity contribution in [2.24, 2.45) is 0 Å². The summed E-state index contributed by atoms with van der Waals surface area (Å²) in [6.07, 6.45) is 0.926. The Bertz CT molecular complexity index is 891. The molecule has 160 valence electrons. The fourth-order valence-electron chi connectivity index (χ4n) is 3.48. The first-order valence-electron chi connectivity index (χ1n) is 9.76. The Balaban J connectivity index is 1.52. The van der Waals surface area contributed by atoms with Gasteiger partial charge in [-0.05, 0) is 43.3 Å². The van der Waals surface area contributed by atoms with Gasteiger partial charge in [0.2, 0.25) is 5.91 Å². The minimum absolute atomic E-state index is 0.0985. The average molecular weight is 416 g/mol. The van der Waals surface area contributed by atoms with Gasteiger partial charge in [0.25, 0.3) is 5.69 Å². The van der Waals surface area contributed by atoms with E-state index in [1.165, 1.54) is 37.4 Å². The zero-order chi connectivity index (χ0) is 21.5. The summed E-state index contributed by atoms with van der Waals surface area (Å²) in [5.74, 6) is -0.190. The van der Waals surface area contributed by atoms with Crippen LogP contribution in [0.3, 0.4) is 0 Å². The van der Waals surface area contributed by atoms with Crippen LogP contribution in [0.1, 0.15) is 12.0 Å². The third-order valence-electron chi connectivity index (χ3n) is 5.04. The molecule has 0 aromatic heterocycles. The van der Waals surface area contributed by atoms with Crippen LogP contribution in [-0.2, 0) is 11.3 Å². The number of non-ortho nitro benzene ring substituents is 1. The first kappa shape index (κ1) is 21.7. The molecule has 1 aliphatic rings. The van der Waals surface area contributed by atoms with E-state index in [0.29, 0.717) is 5.69 Å². The highest BCUT2D eigenvalue weighted by atomic mass is 19.1. The van der Waals surface area contributed by atoms with Crippen LogP contribution >= 0.6 is 0 Å². The Hall–Kier alpha value is -3.04. The highest BCUT2D eigenvalue weighted by Crippen LogP contribution is 2.29. The van der Waals surface area contributed by atoms with Crippen molar-refractivity contribution in [3.8, 4) is 5.75 Å². The van der Waals surface area contributed by atoms with Crippen LogP contribution in [0.5, 0.6) is 5.75 Å². The van der Waals surface area contributed by atoms with Crippen LogP contribution in [0.25, 0.3) is 0 Å². The topological polar surface area (TPSA) is 87.9 Å². The number of nitrogens with one attached hydrogen (secondary N) is 1. The van der Waals surface area contributed by atoms with E-state index in [-0.39, 0.29) is 29.7 Å². The Morgan fingerprint density at radius 2 is 1.83 bits per heavy atom. The Morgan fingerprint density at radius 3 is 2.53 bits per heavy atom. The monoisotopic (exact) mass is 416 g/mol. The minimum atomic E-state index is -0.511. The molecule has 0 saturated carbocycles. The maximum atomic E-state index is 13.1. The maximum Gasteiger partial charge on any atom is 0.273 e. The normalized spacial score (nSPS) is 15.4. The molecule has 3 rings (SSSR count). The second kappa shape index (κ2) is 10.1. The van der Waals surface area contributed by atoms with Gasteiger partial charge < -0.3 is 10.1 Å². The van der Waals surface area contributed by atoms with E-state index in [1.54, 1.807) is 12.1 Å². The molecule has 9 heteroatoms. The Morgan fingerprint density at radius 1 is 1.13 bits per heavy atom. The van der Waals surface area contributed by atoms with Crippen molar-refractivity contribution in [3.05, 3.63) is 64.0 Å². The number of ether oxygens (including phenoxy) is 1. The van der Waals surface area contributed by atoms with Crippen LogP contribution in [0.2, 0.25) is 0 Å². The fourth-order valence-corrected chi connectivity index (χ4v) is 3.48. The van der Waals surface area contributed by atoms with E-state index in [2.05, 4.69) is 15.1 Å². The van der Waals surface area contributed by atoms with Gasteiger partial charge >= 0.3 is 0 Å². The summed E-state index contributed by atoms with van der Waals surface area (Å²) in [6, 6.07) is 10.6. The second-order valence-electron chi connectivity index (χ2n) is 7.22. The van der Waals surface area contributed by atoms with E-state index < -0.39 is 4.92 Å². The average Bonchev–Trinajstić information content (AvgIpc) is 2.94. The number of methoxy groups -OCH3 is 1. The lowest BCUT2D eigenvalue weighted by Crippen LogP contribution is -2.36. The summed E-state index contributed by atoms with van der Waals surface area (Å²) in [5, 5.41) is 13.7. The summed E-state index contributed by atoms with van der Waals surface area (Å²) in [4.78, 5) is 27.2. The number of rotatable bonds is 7. The van der Waals surface area contributed by atoms with Crippen molar-refractivity contribution in [2.75, 3.05) is 45.2 Å². The molecule has 8 nitrogen and oxygen atoms in total. The number of carbonyl (C=O) groups is 1. The molecule has 2 aromatic rings. The summed E-state index contributed by atoms with van der Waals surface area (Å²) in [6.45, 7) is 4.23. The van der Waals surface area contributed by atoms with Crippen molar-refractivity contribution in [1.29, 1.82) is 0 Å². The van der Waals surface area contributed by atoms with Crippen molar-refractivity contribution >= 4 is 17.3 Å². The number of carbonyl (C=O) groups excluding carboxylic acids is 1. The number of amides is 1. The van der Waals surface area contributed by atoms with E-state index in [0.717, 1.165) is 44.7 Å². The third kappa shape index (κ3) is 5.98. The smallest absolute Gasteiger partial charge is 0.273 e. The van der Waals surface area contributed by atoms with Crippen LogP contribution in [-0.4, -0.2) is 60.5 Å². The van der Waals surface area contributed by atoms with E-state index in [1.807, 2.05) is 0 Å². The predicted octanol–water partition coefficient (Wildman–Crippen LogP) is 2.89. The maximum absolute atomic E-state index is 13.1. The first-order valence-corrected chi connectivity index (χ1v) is 9.76. The van der Waals surface area contributed by atoms with Crippen molar-refractivity contribution in [1.82, 2.24) is 9.80 Å². The van der Waals surface area contributed by atoms with Crippen molar-refractivity contribution in [2.45, 2.75) is 13.0 Å². The molecular formula is C21H25FN4O4. The van der Waals surface area contributed by atoms with Gasteiger partial charge in [0.05, 0.1) is 30.3 Å². The molecule has 2 aromatic carbocycles. The molecule has 0 spiro atoms. The van der Waals surface area contributed by atoms with Crippen LogP contribution < -0.4 is 10.1 Å². The number of nitro groups is 1. The molecule has 0 atom stereocenters. The lowest BCUT2D eigenvalue weighted by atomic mass is 10.2. The number of nitrogens with zero attached hydrogens (tertiary/aromatic N) is 3. The summed E-state index contributed by atoms with van der Waals surface area (Å²) in [7, 11) is 1.40. The molecule has 0 radical (unpaired) electrons. The van der Waals surface area contributed by atoms with E-state index in [9.17, 15) is 19.3 Å². The predicted molar refractivity (Wildman–Crippen MR) is 111 cm³/mol. The molecule has 1 fully saturated rings. The van der Waals surface area contributed by atoms with Crippen LogP contribution in [0.15, 0.2) is 42.5 Å². The van der Waals surface area contributed by atoms with Gasteiger partial charge in [0.15, 0.2) is 0 Å². The first-order chi connectivity index (χ1) is 14.4. The molecular weight excluding hydrogens is 391 g/mol. The quantitative estimate of drug-likeness (QED) is 0.552. The molecule has 1 N–H and O–H groups in total. The molecule has 0 bridgehead atoms. The van der Waals surface area contributed by atoms with Gasteiger partial charge in [-0.15, -0.1) is 0 Å². The highest BCUT2D eigenvalue weighted by Gasteiger charge is 2.19. The SMILES string of the molecule is COc1cc([N+](=O)[O-])ccc1NC(=O)CN1CCCN(Cc2ccc(F)cc2)CC1. The number of halogens is 1. The zero-order valence-electron chi connectivity index (χ0n) is 16.8. The molecule has 0 unspecified atom stereocenters. The largest absolute Gasteiger partial charge is 0.494 e. The van der Waals surface area contributed by atoms with Gasteiger partial charge in [-0.2, -0.15) is 0 Å². The van der Waals surface area contributed by atoms with E-state index >= 15 is 0 Å². The van der Waals surface area contributed by atoms with Gasteiger partial charge in [-0.1, -0.05) is 12.1 Å². The van der Waals surface area contributed by atoms with Gasteiger partial charge in [-0.25, -0.2) is 4.39 Å². The van der Waals surface area contributed by atoms with Crippen LogP contribution in [0.4, 0.5) is 15.8 Å². The number of benzene rings is 2. The summed E-state index contributed by atoms with van der Waals surface area (Å²) >= 11 is 0. The molecule has 0 aliphatic carbocycles. The number of hydrogen-bond acceptors (Lipinski definition) is 6. The summed E-state index contributed by atoms with van der Waals surface area (Å²) < 4.78 is 18.2. The number of hydrogen-bond donors (Lipinski definition) is 1. The Labute approximate surface area is 174 Å². The van der Waals surface area contributed by atoms with Gasteiger partial charge in [-0.3, -0.25) is 24.7 Å². The van der Waals surface area contributed by atoms with Crippen molar-refractivity contribution < 1.29 is 18.8 Å². The standard InChI is InChI=1S/C21H25FN4O4/c1-30-20-13-18(26(28)29)7-8-19(20)23-21(27)15-25-10-2-9-24(11-12-25)14-16-3-5-17(22)6-4-16/h3-8,13H,2,9-12,14-15H2,1H3,(H,23,27). The van der Waals surface area contributed by atoms with E-state index in [4.69, 9.17) is 4.74 Å². The highest BCUT2D eigenvalue weighted by molar-refractivity contribution is 5.93. The van der Waals surface area contributed by atoms with Crippen molar-refractivity contribution in [3.63, 3.8) is 0 Å². The number of anilines is 1. The molecule has 30 heavy (non-hydrogen) atoms. The fraction of sp³-hybridized carbons (Fsp3) is 0.381. The molecule has 1 heterocycles. The second-order valence-corrected chi connectivity index (χ2v) is 7.22. The summed E-state index contributed by atoms with van der Waals surface area (Å²) in [5.41, 5.74) is 1.37. The molecule has 1 amide bonds. The third-order valence-corrected chi connectivity index (χ3v) is 5.04. The zero-order valence-corrected chi connectivity index (χ0v) is 16.8. The van der Waals surface area contributed by atoms with Crippen LogP contribution in [0, 0.1) is 15.9 Å². The molecule has 1 aliphatic heterocycles. The molecule has 1 saturated heterocycles. The minimum Gasteiger partial charge on any atom is -0.494 e.